The maximum absolute atomic E-state index is 12.4. The number of amides is 2. The van der Waals surface area contributed by atoms with Crippen molar-refractivity contribution in [3.05, 3.63) is 70.7 Å². The molecule has 0 aliphatic heterocycles. The van der Waals surface area contributed by atoms with Gasteiger partial charge in [0.25, 0.3) is 0 Å². The number of benzene rings is 2. The molecular weight excluding hydrogens is 312 g/mol. The monoisotopic (exact) mass is 332 g/mol. The molecule has 0 spiro atoms. The number of aliphatic hydroxyl groups excluding tert-OH is 1. The second kappa shape index (κ2) is 7.99. The Hall–Kier alpha value is -2.04. The average molecular weight is 333 g/mol. The maximum atomic E-state index is 12.4. The molecule has 5 heteroatoms. The molecule has 2 aromatic rings. The first-order chi connectivity index (χ1) is 11.0. The third kappa shape index (κ3) is 4.98. The van der Waals surface area contributed by atoms with E-state index in [-0.39, 0.29) is 18.6 Å². The van der Waals surface area contributed by atoms with Crippen LogP contribution in [0.15, 0.2) is 54.6 Å². The molecule has 2 N–H and O–H groups in total. The van der Waals surface area contributed by atoms with Gasteiger partial charge in [-0.25, -0.2) is 4.79 Å². The third-order valence-corrected chi connectivity index (χ3v) is 3.70. The highest BCUT2D eigenvalue weighted by Crippen LogP contribution is 2.24. The summed E-state index contributed by atoms with van der Waals surface area (Å²) < 4.78 is 0. The molecular formula is C18H21ClN2O2. The van der Waals surface area contributed by atoms with Gasteiger partial charge in [-0.2, -0.15) is 0 Å². The molecule has 0 bridgehead atoms. The van der Waals surface area contributed by atoms with Crippen molar-refractivity contribution >= 4 is 17.6 Å². The molecule has 0 aliphatic rings. The summed E-state index contributed by atoms with van der Waals surface area (Å²) in [5.41, 5.74) is 1.87. The minimum absolute atomic E-state index is 0.250. The molecule has 0 fully saturated rings. The Bertz CT molecular complexity index is 646. The van der Waals surface area contributed by atoms with Crippen LogP contribution in [0, 0.1) is 0 Å². The summed E-state index contributed by atoms with van der Waals surface area (Å²) in [7, 11) is 1.65. The number of urea groups is 1. The summed E-state index contributed by atoms with van der Waals surface area (Å²) in [6.45, 7) is 1.91. The Kier molecular flexibility index (Phi) is 6.02. The minimum Gasteiger partial charge on any atom is -0.392 e. The number of nitrogens with zero attached hydrogens (tertiary/aromatic N) is 1. The molecule has 2 unspecified atom stereocenters. The number of hydrogen-bond donors (Lipinski definition) is 2. The smallest absolute Gasteiger partial charge is 0.317 e. The van der Waals surface area contributed by atoms with E-state index >= 15 is 0 Å². The quantitative estimate of drug-likeness (QED) is 0.881. The van der Waals surface area contributed by atoms with E-state index in [0.29, 0.717) is 5.02 Å². The minimum atomic E-state index is -0.577. The number of halogens is 1. The Morgan fingerprint density at radius 1 is 1.17 bits per heavy atom. The zero-order valence-corrected chi connectivity index (χ0v) is 14.0. The van der Waals surface area contributed by atoms with Crippen molar-refractivity contribution in [2.75, 3.05) is 13.6 Å². The van der Waals surface area contributed by atoms with Gasteiger partial charge in [-0.15, -0.1) is 0 Å². The Labute approximate surface area is 141 Å². The standard InChI is InChI=1S/C18H21ClN2O2/c1-13(22)12-21(2)18(23)20-17(14-7-4-3-5-8-14)15-9-6-10-16(19)11-15/h3-11,13,17,22H,12H2,1-2H3,(H,20,23). The van der Waals surface area contributed by atoms with Gasteiger partial charge in [-0.3, -0.25) is 0 Å². The molecule has 2 aromatic carbocycles. The number of rotatable bonds is 5. The van der Waals surface area contributed by atoms with Crippen molar-refractivity contribution in [2.45, 2.75) is 19.1 Å². The van der Waals surface area contributed by atoms with Crippen LogP contribution < -0.4 is 5.32 Å². The van der Waals surface area contributed by atoms with Crippen molar-refractivity contribution in [3.8, 4) is 0 Å². The molecule has 2 rings (SSSR count). The summed E-state index contributed by atoms with van der Waals surface area (Å²) in [6, 6.07) is 16.6. The fourth-order valence-electron chi connectivity index (χ4n) is 2.40. The Morgan fingerprint density at radius 2 is 1.83 bits per heavy atom. The zero-order chi connectivity index (χ0) is 16.8. The number of likely N-dealkylation sites (N-methyl/N-ethyl adjacent to an activating group) is 1. The zero-order valence-electron chi connectivity index (χ0n) is 13.2. The SMILES string of the molecule is CC(O)CN(C)C(=O)NC(c1ccccc1)c1cccc(Cl)c1. The van der Waals surface area contributed by atoms with Crippen LogP contribution in [-0.4, -0.2) is 35.7 Å². The molecule has 2 amide bonds. The molecule has 0 aromatic heterocycles. The highest BCUT2D eigenvalue weighted by molar-refractivity contribution is 6.30. The highest BCUT2D eigenvalue weighted by Gasteiger charge is 2.19. The molecule has 0 radical (unpaired) electrons. The summed E-state index contributed by atoms with van der Waals surface area (Å²) in [5, 5.41) is 13.1. The molecule has 122 valence electrons. The van der Waals surface area contributed by atoms with Crippen LogP contribution >= 0.6 is 11.6 Å². The molecule has 2 atom stereocenters. The summed E-state index contributed by atoms with van der Waals surface area (Å²) >= 11 is 6.09. The summed E-state index contributed by atoms with van der Waals surface area (Å²) in [4.78, 5) is 13.9. The van der Waals surface area contributed by atoms with E-state index < -0.39 is 6.10 Å². The van der Waals surface area contributed by atoms with E-state index in [2.05, 4.69) is 5.32 Å². The lowest BCUT2D eigenvalue weighted by atomic mass is 9.99. The van der Waals surface area contributed by atoms with Gasteiger partial charge in [0.2, 0.25) is 0 Å². The second-order valence-corrected chi connectivity index (χ2v) is 6.01. The van der Waals surface area contributed by atoms with Crippen molar-refractivity contribution in [1.82, 2.24) is 10.2 Å². The van der Waals surface area contributed by atoms with Gasteiger partial charge in [-0.1, -0.05) is 54.1 Å². The van der Waals surface area contributed by atoms with Crippen molar-refractivity contribution in [2.24, 2.45) is 0 Å². The van der Waals surface area contributed by atoms with Crippen LogP contribution in [0.2, 0.25) is 5.02 Å². The number of carbonyl (C=O) groups excluding carboxylic acids is 1. The molecule has 0 aliphatic carbocycles. The van der Waals surface area contributed by atoms with Crippen LogP contribution in [0.1, 0.15) is 24.1 Å². The predicted molar refractivity (Wildman–Crippen MR) is 92.6 cm³/mol. The number of aliphatic hydroxyl groups is 1. The van der Waals surface area contributed by atoms with Crippen LogP contribution in [0.5, 0.6) is 0 Å². The maximum Gasteiger partial charge on any atom is 0.317 e. The topological polar surface area (TPSA) is 52.6 Å². The molecule has 23 heavy (non-hydrogen) atoms. The van der Waals surface area contributed by atoms with E-state index in [0.717, 1.165) is 11.1 Å². The van der Waals surface area contributed by atoms with Crippen LogP contribution in [0.25, 0.3) is 0 Å². The van der Waals surface area contributed by atoms with Crippen molar-refractivity contribution < 1.29 is 9.90 Å². The number of hydrogen-bond acceptors (Lipinski definition) is 2. The van der Waals surface area contributed by atoms with Crippen LogP contribution in [0.3, 0.4) is 0 Å². The average Bonchev–Trinajstić information content (AvgIpc) is 2.52. The summed E-state index contributed by atoms with van der Waals surface area (Å²) in [6.07, 6.45) is -0.577. The van der Waals surface area contributed by atoms with Gasteiger partial charge in [-0.05, 0) is 30.2 Å². The van der Waals surface area contributed by atoms with Gasteiger partial charge in [0.05, 0.1) is 12.1 Å². The van der Waals surface area contributed by atoms with E-state index in [4.69, 9.17) is 11.6 Å². The molecule has 0 saturated heterocycles. The first kappa shape index (κ1) is 17.3. The first-order valence-corrected chi connectivity index (χ1v) is 7.85. The van der Waals surface area contributed by atoms with Crippen molar-refractivity contribution in [1.29, 1.82) is 0 Å². The molecule has 0 heterocycles. The van der Waals surface area contributed by atoms with Gasteiger partial charge in [0.15, 0.2) is 0 Å². The van der Waals surface area contributed by atoms with Crippen LogP contribution in [0.4, 0.5) is 4.79 Å². The fraction of sp³-hybridized carbons (Fsp3) is 0.278. The van der Waals surface area contributed by atoms with Gasteiger partial charge >= 0.3 is 6.03 Å². The number of nitrogens with one attached hydrogen (secondary N) is 1. The Morgan fingerprint density at radius 3 is 2.43 bits per heavy atom. The summed E-state index contributed by atoms with van der Waals surface area (Å²) in [5.74, 6) is 0. The van der Waals surface area contributed by atoms with E-state index in [1.54, 1.807) is 20.0 Å². The molecule has 4 nitrogen and oxygen atoms in total. The van der Waals surface area contributed by atoms with Gasteiger partial charge in [0.1, 0.15) is 0 Å². The fourth-order valence-corrected chi connectivity index (χ4v) is 2.60. The Balaban J connectivity index is 2.26. The number of carbonyl (C=O) groups is 1. The lowest BCUT2D eigenvalue weighted by molar-refractivity contribution is 0.143. The predicted octanol–water partition coefficient (Wildman–Crippen LogP) is 3.45. The van der Waals surface area contributed by atoms with E-state index in [9.17, 15) is 9.90 Å². The van der Waals surface area contributed by atoms with E-state index in [1.165, 1.54) is 4.90 Å². The lowest BCUT2D eigenvalue weighted by Gasteiger charge is -2.25. The van der Waals surface area contributed by atoms with Crippen LogP contribution in [-0.2, 0) is 0 Å². The van der Waals surface area contributed by atoms with E-state index in [1.807, 2.05) is 48.5 Å². The normalized spacial score (nSPS) is 13.2. The second-order valence-electron chi connectivity index (χ2n) is 5.58. The third-order valence-electron chi connectivity index (χ3n) is 3.47. The van der Waals surface area contributed by atoms with Gasteiger partial charge < -0.3 is 15.3 Å². The largest absolute Gasteiger partial charge is 0.392 e. The molecule has 0 saturated carbocycles. The highest BCUT2D eigenvalue weighted by atomic mass is 35.5. The first-order valence-electron chi connectivity index (χ1n) is 7.47. The lowest BCUT2D eigenvalue weighted by Crippen LogP contribution is -2.42. The van der Waals surface area contributed by atoms with Crippen molar-refractivity contribution in [3.63, 3.8) is 0 Å². The van der Waals surface area contributed by atoms with Gasteiger partial charge in [0, 0.05) is 18.6 Å².